The topological polar surface area (TPSA) is 41.9 Å². The predicted octanol–water partition coefficient (Wildman–Crippen LogP) is 1.69. The van der Waals surface area contributed by atoms with Gasteiger partial charge in [0.2, 0.25) is 0 Å². The van der Waals surface area contributed by atoms with Crippen LogP contribution in [0.4, 0.5) is 0 Å². The van der Waals surface area contributed by atoms with Gasteiger partial charge in [0.1, 0.15) is 0 Å². The van der Waals surface area contributed by atoms with Crippen LogP contribution in [0.25, 0.3) is 0 Å². The summed E-state index contributed by atoms with van der Waals surface area (Å²) in [6, 6.07) is 4.16. The van der Waals surface area contributed by atoms with Crippen molar-refractivity contribution in [3.8, 4) is 11.5 Å². The number of benzene rings is 1. The Hall–Kier alpha value is -1.26. The average Bonchev–Trinajstić information content (AvgIpc) is 2.45. The fraction of sp³-hybridized carbons (Fsp3) is 0.600. The van der Waals surface area contributed by atoms with Crippen molar-refractivity contribution < 1.29 is 14.6 Å². The zero-order valence-corrected chi connectivity index (χ0v) is 12.0. The first-order valence-electron chi connectivity index (χ1n) is 6.75. The van der Waals surface area contributed by atoms with Gasteiger partial charge in [0.15, 0.2) is 11.5 Å². The number of aliphatic hydroxyl groups is 1. The van der Waals surface area contributed by atoms with Gasteiger partial charge in [-0.15, -0.1) is 0 Å². The number of fused-ring (bicyclic) bond motifs is 1. The van der Waals surface area contributed by atoms with Gasteiger partial charge < -0.3 is 14.6 Å². The van der Waals surface area contributed by atoms with E-state index in [0.717, 1.165) is 37.6 Å². The fourth-order valence-electron chi connectivity index (χ4n) is 2.60. The second-order valence-corrected chi connectivity index (χ2v) is 5.25. The van der Waals surface area contributed by atoms with Gasteiger partial charge >= 0.3 is 0 Å². The number of nitrogens with zero attached hydrogens (tertiary/aromatic N) is 1. The summed E-state index contributed by atoms with van der Waals surface area (Å²) < 4.78 is 10.7. The molecule has 1 unspecified atom stereocenters. The van der Waals surface area contributed by atoms with Crippen LogP contribution in [0.1, 0.15) is 18.1 Å². The molecule has 4 heteroatoms. The maximum Gasteiger partial charge on any atom is 0.161 e. The lowest BCUT2D eigenvalue weighted by Gasteiger charge is -2.31. The molecule has 19 heavy (non-hydrogen) atoms. The minimum absolute atomic E-state index is 0.245. The molecule has 1 aliphatic rings. The zero-order chi connectivity index (χ0) is 13.8. The van der Waals surface area contributed by atoms with E-state index in [4.69, 9.17) is 14.6 Å². The molecule has 0 saturated heterocycles. The van der Waals surface area contributed by atoms with Gasteiger partial charge in [-0.2, -0.15) is 0 Å². The van der Waals surface area contributed by atoms with Crippen LogP contribution in [0.5, 0.6) is 11.5 Å². The third kappa shape index (κ3) is 3.19. The Bertz CT molecular complexity index is 434. The molecule has 0 spiro atoms. The van der Waals surface area contributed by atoms with Gasteiger partial charge in [-0.3, -0.25) is 4.90 Å². The molecule has 0 radical (unpaired) electrons. The number of aliphatic hydroxyl groups excluding tert-OH is 1. The van der Waals surface area contributed by atoms with E-state index in [1.807, 2.05) is 0 Å². The van der Waals surface area contributed by atoms with Gasteiger partial charge in [0.25, 0.3) is 0 Å². The molecule has 0 saturated carbocycles. The monoisotopic (exact) mass is 265 g/mol. The predicted molar refractivity (Wildman–Crippen MR) is 74.8 cm³/mol. The third-order valence-electron chi connectivity index (χ3n) is 3.68. The summed E-state index contributed by atoms with van der Waals surface area (Å²) in [6.45, 7) is 5.20. The van der Waals surface area contributed by atoms with Crippen LogP contribution in [0.3, 0.4) is 0 Å². The molecule has 2 rings (SSSR count). The standard InChI is InChI=1S/C15H23NO3/c1-11(10-17)8-16-5-4-12-6-14(18-2)15(19-3)7-13(12)9-16/h6-7,11,17H,4-5,8-10H2,1-3H3. The van der Waals surface area contributed by atoms with E-state index in [-0.39, 0.29) is 6.61 Å². The van der Waals surface area contributed by atoms with E-state index < -0.39 is 0 Å². The highest BCUT2D eigenvalue weighted by atomic mass is 16.5. The molecule has 1 aliphatic heterocycles. The molecular weight excluding hydrogens is 242 g/mol. The molecule has 0 aromatic heterocycles. The van der Waals surface area contributed by atoms with Gasteiger partial charge in [0, 0.05) is 26.2 Å². The summed E-state index contributed by atoms with van der Waals surface area (Å²) in [5.41, 5.74) is 2.64. The number of rotatable bonds is 5. The van der Waals surface area contributed by atoms with Crippen LogP contribution < -0.4 is 9.47 Å². The number of ether oxygens (including phenoxy) is 2. The highest BCUT2D eigenvalue weighted by Gasteiger charge is 2.20. The molecule has 0 aliphatic carbocycles. The minimum Gasteiger partial charge on any atom is -0.493 e. The summed E-state index contributed by atoms with van der Waals surface area (Å²) in [6.07, 6.45) is 1.02. The Balaban J connectivity index is 2.15. The number of methoxy groups -OCH3 is 2. The van der Waals surface area contributed by atoms with Crippen molar-refractivity contribution in [3.63, 3.8) is 0 Å². The molecule has 4 nitrogen and oxygen atoms in total. The van der Waals surface area contributed by atoms with Crippen molar-refractivity contribution >= 4 is 0 Å². The molecule has 1 aromatic carbocycles. The van der Waals surface area contributed by atoms with Crippen molar-refractivity contribution in [1.29, 1.82) is 0 Å². The largest absolute Gasteiger partial charge is 0.493 e. The van der Waals surface area contributed by atoms with Gasteiger partial charge in [-0.1, -0.05) is 6.92 Å². The van der Waals surface area contributed by atoms with Crippen molar-refractivity contribution in [3.05, 3.63) is 23.3 Å². The Morgan fingerprint density at radius 2 is 1.84 bits per heavy atom. The summed E-state index contributed by atoms with van der Waals surface area (Å²) in [4.78, 5) is 2.38. The zero-order valence-electron chi connectivity index (χ0n) is 12.0. The number of hydrogen-bond donors (Lipinski definition) is 1. The molecule has 106 valence electrons. The Labute approximate surface area is 114 Å². The molecule has 0 amide bonds. The van der Waals surface area contributed by atoms with Crippen LogP contribution >= 0.6 is 0 Å². The first-order valence-corrected chi connectivity index (χ1v) is 6.75. The molecule has 1 heterocycles. The van der Waals surface area contributed by atoms with Gasteiger partial charge in [0.05, 0.1) is 14.2 Å². The average molecular weight is 265 g/mol. The lowest BCUT2D eigenvalue weighted by atomic mass is 9.98. The minimum atomic E-state index is 0.245. The second-order valence-electron chi connectivity index (χ2n) is 5.25. The second kappa shape index (κ2) is 6.26. The Morgan fingerprint density at radius 3 is 2.42 bits per heavy atom. The van der Waals surface area contributed by atoms with E-state index >= 15 is 0 Å². The molecule has 0 bridgehead atoms. The Morgan fingerprint density at radius 1 is 1.21 bits per heavy atom. The maximum atomic E-state index is 9.15. The molecule has 0 fully saturated rings. The summed E-state index contributed by atoms with van der Waals surface area (Å²) >= 11 is 0. The SMILES string of the molecule is COc1cc2c(cc1OC)CN(CC(C)CO)CC2. The lowest BCUT2D eigenvalue weighted by molar-refractivity contribution is 0.163. The smallest absolute Gasteiger partial charge is 0.161 e. The summed E-state index contributed by atoms with van der Waals surface area (Å²) in [5, 5.41) is 9.15. The molecule has 1 aromatic rings. The molecule has 1 atom stereocenters. The van der Waals surface area contributed by atoms with E-state index in [2.05, 4.69) is 24.0 Å². The normalized spacial score (nSPS) is 16.8. The van der Waals surface area contributed by atoms with Crippen molar-refractivity contribution in [1.82, 2.24) is 4.90 Å². The van der Waals surface area contributed by atoms with E-state index in [1.54, 1.807) is 14.2 Å². The summed E-state index contributed by atoms with van der Waals surface area (Å²) in [7, 11) is 3.33. The summed E-state index contributed by atoms with van der Waals surface area (Å²) in [5.74, 6) is 1.92. The van der Waals surface area contributed by atoms with Crippen LogP contribution in [-0.2, 0) is 13.0 Å². The van der Waals surface area contributed by atoms with E-state index in [9.17, 15) is 0 Å². The molecular formula is C15H23NO3. The number of hydrogen-bond acceptors (Lipinski definition) is 4. The van der Waals surface area contributed by atoms with E-state index in [1.165, 1.54) is 11.1 Å². The van der Waals surface area contributed by atoms with Crippen LogP contribution in [0.15, 0.2) is 12.1 Å². The van der Waals surface area contributed by atoms with Gasteiger partial charge in [-0.25, -0.2) is 0 Å². The molecule has 1 N–H and O–H groups in total. The van der Waals surface area contributed by atoms with Crippen molar-refractivity contribution in [2.45, 2.75) is 19.9 Å². The lowest BCUT2D eigenvalue weighted by Crippen LogP contribution is -2.34. The van der Waals surface area contributed by atoms with Crippen molar-refractivity contribution in [2.75, 3.05) is 33.9 Å². The quantitative estimate of drug-likeness (QED) is 0.879. The van der Waals surface area contributed by atoms with Crippen molar-refractivity contribution in [2.24, 2.45) is 5.92 Å². The highest BCUT2D eigenvalue weighted by molar-refractivity contribution is 5.48. The van der Waals surface area contributed by atoms with Gasteiger partial charge in [-0.05, 0) is 35.6 Å². The van der Waals surface area contributed by atoms with Crippen LogP contribution in [0.2, 0.25) is 0 Å². The third-order valence-corrected chi connectivity index (χ3v) is 3.68. The van der Waals surface area contributed by atoms with Crippen LogP contribution in [0, 0.1) is 5.92 Å². The maximum absolute atomic E-state index is 9.15. The first kappa shape index (κ1) is 14.2. The van der Waals surface area contributed by atoms with E-state index in [0.29, 0.717) is 5.92 Å². The van der Waals surface area contributed by atoms with Crippen LogP contribution in [-0.4, -0.2) is 43.9 Å². The highest BCUT2D eigenvalue weighted by Crippen LogP contribution is 2.33. The Kier molecular flexibility index (Phi) is 4.66. The fourth-order valence-corrected chi connectivity index (χ4v) is 2.60. The first-order chi connectivity index (χ1) is 9.17.